The van der Waals surface area contributed by atoms with E-state index in [1.807, 2.05) is 48.0 Å². The van der Waals surface area contributed by atoms with E-state index >= 15 is 0 Å². The van der Waals surface area contributed by atoms with Crippen molar-refractivity contribution in [3.63, 3.8) is 0 Å². The monoisotopic (exact) mass is 352 g/mol. The van der Waals surface area contributed by atoms with Crippen LogP contribution in [0.4, 0.5) is 0 Å². The van der Waals surface area contributed by atoms with Gasteiger partial charge in [0.1, 0.15) is 12.4 Å². The molecule has 26 heavy (non-hydrogen) atoms. The molecular formula is C20H24N4O2. The van der Waals surface area contributed by atoms with Crippen molar-refractivity contribution in [3.05, 3.63) is 53.9 Å². The van der Waals surface area contributed by atoms with Gasteiger partial charge in [0.15, 0.2) is 5.65 Å². The van der Waals surface area contributed by atoms with Crippen LogP contribution in [0.15, 0.2) is 42.6 Å². The van der Waals surface area contributed by atoms with Crippen LogP contribution in [0.3, 0.4) is 0 Å². The van der Waals surface area contributed by atoms with Gasteiger partial charge in [0.2, 0.25) is 0 Å². The van der Waals surface area contributed by atoms with Crippen LogP contribution < -0.4 is 4.74 Å². The molecule has 0 aliphatic carbocycles. The van der Waals surface area contributed by atoms with Gasteiger partial charge in [0.05, 0.1) is 24.0 Å². The van der Waals surface area contributed by atoms with E-state index in [1.165, 1.54) is 0 Å². The van der Waals surface area contributed by atoms with E-state index in [9.17, 15) is 4.79 Å². The summed E-state index contributed by atoms with van der Waals surface area (Å²) < 4.78 is 7.54. The second-order valence-electron chi connectivity index (χ2n) is 6.61. The lowest BCUT2D eigenvalue weighted by Crippen LogP contribution is -2.31. The second-order valence-corrected chi connectivity index (χ2v) is 6.61. The van der Waals surface area contributed by atoms with Crippen molar-refractivity contribution in [2.45, 2.75) is 26.8 Å². The van der Waals surface area contributed by atoms with Crippen molar-refractivity contribution in [1.29, 1.82) is 0 Å². The lowest BCUT2D eigenvalue weighted by molar-refractivity contribution is 0.0773. The Morgan fingerprint density at radius 3 is 2.69 bits per heavy atom. The Morgan fingerprint density at radius 2 is 2.00 bits per heavy atom. The Kier molecular flexibility index (Phi) is 5.21. The number of carbonyl (C=O) groups is 1. The molecule has 0 saturated carbocycles. The fourth-order valence-corrected chi connectivity index (χ4v) is 2.78. The topological polar surface area (TPSA) is 60.2 Å². The average Bonchev–Trinajstić information content (AvgIpc) is 3.04. The van der Waals surface area contributed by atoms with Gasteiger partial charge in [-0.15, -0.1) is 0 Å². The molecule has 6 heteroatoms. The minimum absolute atomic E-state index is 0.0640. The highest BCUT2D eigenvalue weighted by Gasteiger charge is 2.18. The third-order valence-corrected chi connectivity index (χ3v) is 4.26. The highest BCUT2D eigenvalue weighted by atomic mass is 16.5. The van der Waals surface area contributed by atoms with E-state index in [1.54, 1.807) is 18.1 Å². The van der Waals surface area contributed by atoms with E-state index in [-0.39, 0.29) is 11.9 Å². The van der Waals surface area contributed by atoms with Crippen molar-refractivity contribution in [3.8, 4) is 5.75 Å². The Balaban J connectivity index is 1.71. The lowest BCUT2D eigenvalue weighted by Gasteiger charge is -2.18. The summed E-state index contributed by atoms with van der Waals surface area (Å²) in [7, 11) is 1.78. The zero-order chi connectivity index (χ0) is 18.7. The van der Waals surface area contributed by atoms with Crippen LogP contribution in [0.5, 0.6) is 5.75 Å². The van der Waals surface area contributed by atoms with E-state index in [0.717, 1.165) is 16.8 Å². The largest absolute Gasteiger partial charge is 0.492 e. The lowest BCUT2D eigenvalue weighted by atomic mass is 10.1. The first-order chi connectivity index (χ1) is 12.5. The number of fused-ring (bicyclic) bond motifs is 1. The van der Waals surface area contributed by atoms with Crippen molar-refractivity contribution in [1.82, 2.24) is 19.7 Å². The zero-order valence-corrected chi connectivity index (χ0v) is 15.6. The van der Waals surface area contributed by atoms with Crippen LogP contribution in [0.2, 0.25) is 0 Å². The smallest absolute Gasteiger partial charge is 0.255 e. The van der Waals surface area contributed by atoms with E-state index < -0.39 is 0 Å². The molecule has 1 amide bonds. The number of hydrogen-bond donors (Lipinski definition) is 0. The molecule has 0 atom stereocenters. The van der Waals surface area contributed by atoms with Crippen molar-refractivity contribution in [2.75, 3.05) is 20.2 Å². The maximum atomic E-state index is 12.8. The Labute approximate surface area is 153 Å². The molecule has 3 rings (SSSR count). The SMILES string of the molecule is Cc1nc2c(cnn2C(C)C)cc1C(=O)N(C)CCOc1ccccc1. The molecule has 0 aliphatic rings. The number of likely N-dealkylation sites (N-methyl/N-ethyl adjacent to an activating group) is 1. The molecule has 0 aliphatic heterocycles. The van der Waals surface area contributed by atoms with E-state index in [4.69, 9.17) is 4.74 Å². The maximum absolute atomic E-state index is 12.8. The molecule has 136 valence electrons. The molecule has 0 spiro atoms. The summed E-state index contributed by atoms with van der Waals surface area (Å²) in [6.07, 6.45) is 1.76. The molecule has 0 unspecified atom stereocenters. The number of ether oxygens (including phenoxy) is 1. The third-order valence-electron chi connectivity index (χ3n) is 4.26. The van der Waals surface area contributed by atoms with Gasteiger partial charge in [0.25, 0.3) is 5.91 Å². The van der Waals surface area contributed by atoms with Crippen LogP contribution >= 0.6 is 0 Å². The van der Waals surface area contributed by atoms with Crippen LogP contribution in [-0.2, 0) is 0 Å². The minimum atomic E-state index is -0.0640. The second kappa shape index (κ2) is 7.56. The number of benzene rings is 1. The molecule has 0 radical (unpaired) electrons. The molecule has 6 nitrogen and oxygen atoms in total. The standard InChI is InChI=1S/C20H24N4O2/c1-14(2)24-19-16(13-21-24)12-18(15(3)22-19)20(25)23(4)10-11-26-17-8-6-5-7-9-17/h5-9,12-14H,10-11H2,1-4H3. The van der Waals surface area contributed by atoms with Crippen LogP contribution in [0.1, 0.15) is 35.9 Å². The van der Waals surface area contributed by atoms with Gasteiger partial charge in [-0.3, -0.25) is 4.79 Å². The summed E-state index contributed by atoms with van der Waals surface area (Å²) in [4.78, 5) is 19.1. The Hall–Kier alpha value is -2.89. The average molecular weight is 352 g/mol. The molecular weight excluding hydrogens is 328 g/mol. The number of carbonyl (C=O) groups excluding carboxylic acids is 1. The summed E-state index contributed by atoms with van der Waals surface area (Å²) in [6, 6.07) is 11.7. The van der Waals surface area contributed by atoms with Crippen LogP contribution in [0, 0.1) is 6.92 Å². The Morgan fingerprint density at radius 1 is 1.27 bits per heavy atom. The van der Waals surface area contributed by atoms with Gasteiger partial charge in [-0.25, -0.2) is 9.67 Å². The first-order valence-electron chi connectivity index (χ1n) is 8.75. The number of hydrogen-bond acceptors (Lipinski definition) is 4. The Bertz CT molecular complexity index is 903. The number of para-hydroxylation sites is 1. The predicted octanol–water partition coefficient (Wildman–Crippen LogP) is 3.47. The van der Waals surface area contributed by atoms with Gasteiger partial charge in [-0.1, -0.05) is 18.2 Å². The highest BCUT2D eigenvalue weighted by molar-refractivity contribution is 5.98. The molecule has 3 aromatic rings. The number of rotatable bonds is 6. The summed E-state index contributed by atoms with van der Waals surface area (Å²) in [5, 5.41) is 5.25. The summed E-state index contributed by atoms with van der Waals surface area (Å²) in [5.41, 5.74) is 2.12. The van der Waals surface area contributed by atoms with Gasteiger partial charge >= 0.3 is 0 Å². The number of pyridine rings is 1. The molecule has 1 aromatic carbocycles. The molecule has 0 N–H and O–H groups in total. The number of amides is 1. The summed E-state index contributed by atoms with van der Waals surface area (Å²) >= 11 is 0. The minimum Gasteiger partial charge on any atom is -0.492 e. The summed E-state index contributed by atoms with van der Waals surface area (Å²) in [5.74, 6) is 0.736. The summed E-state index contributed by atoms with van der Waals surface area (Å²) in [6.45, 7) is 6.91. The molecule has 0 fully saturated rings. The van der Waals surface area contributed by atoms with E-state index in [0.29, 0.717) is 24.4 Å². The van der Waals surface area contributed by atoms with Crippen LogP contribution in [-0.4, -0.2) is 45.8 Å². The number of aryl methyl sites for hydroxylation is 1. The quantitative estimate of drug-likeness (QED) is 0.681. The predicted molar refractivity (Wildman–Crippen MR) is 102 cm³/mol. The molecule has 0 bridgehead atoms. The third kappa shape index (κ3) is 3.69. The van der Waals surface area contributed by atoms with Crippen molar-refractivity contribution in [2.24, 2.45) is 0 Å². The fraction of sp³-hybridized carbons (Fsp3) is 0.350. The van der Waals surface area contributed by atoms with Crippen LogP contribution in [0.25, 0.3) is 11.0 Å². The maximum Gasteiger partial charge on any atom is 0.255 e. The molecule has 2 heterocycles. The molecule has 2 aromatic heterocycles. The van der Waals surface area contributed by atoms with Gasteiger partial charge in [-0.2, -0.15) is 5.10 Å². The van der Waals surface area contributed by atoms with Crippen molar-refractivity contribution < 1.29 is 9.53 Å². The normalized spacial score (nSPS) is 11.1. The highest BCUT2D eigenvalue weighted by Crippen LogP contribution is 2.20. The van der Waals surface area contributed by atoms with Gasteiger partial charge in [-0.05, 0) is 39.0 Å². The van der Waals surface area contributed by atoms with Gasteiger partial charge in [0, 0.05) is 18.5 Å². The zero-order valence-electron chi connectivity index (χ0n) is 15.6. The van der Waals surface area contributed by atoms with Gasteiger partial charge < -0.3 is 9.64 Å². The fourth-order valence-electron chi connectivity index (χ4n) is 2.78. The molecule has 0 saturated heterocycles. The van der Waals surface area contributed by atoms with E-state index in [2.05, 4.69) is 23.9 Å². The number of nitrogens with zero attached hydrogens (tertiary/aromatic N) is 4. The first-order valence-corrected chi connectivity index (χ1v) is 8.75. The van der Waals surface area contributed by atoms with Crippen molar-refractivity contribution >= 4 is 16.9 Å². The number of aromatic nitrogens is 3. The first kappa shape index (κ1) is 17.9.